The Hall–Kier alpha value is -4.20. The van der Waals surface area contributed by atoms with Crippen LogP contribution in [0.5, 0.6) is 0 Å². The molecule has 156 valence electrons. The number of alkyl halides is 3. The number of tetrazole rings is 1. The highest BCUT2D eigenvalue weighted by Crippen LogP contribution is 2.42. The van der Waals surface area contributed by atoms with Gasteiger partial charge in [0.2, 0.25) is 5.91 Å². The molecule has 1 aromatic heterocycles. The van der Waals surface area contributed by atoms with Crippen LogP contribution in [0.3, 0.4) is 0 Å². The third kappa shape index (κ3) is 3.38. The highest BCUT2D eigenvalue weighted by atomic mass is 19.4. The lowest BCUT2D eigenvalue weighted by molar-refractivity contribution is -0.137. The Morgan fingerprint density at radius 1 is 1.19 bits per heavy atom. The zero-order valence-electron chi connectivity index (χ0n) is 16.0. The summed E-state index contributed by atoms with van der Waals surface area (Å²) in [6.45, 7) is 1.56. The van der Waals surface area contributed by atoms with Crippen molar-refractivity contribution < 1.29 is 18.0 Å². The van der Waals surface area contributed by atoms with Gasteiger partial charge in [-0.25, -0.2) is 0 Å². The molecular formula is C20H14F3N7O. The Labute approximate surface area is 174 Å². The van der Waals surface area contributed by atoms with Crippen LogP contribution >= 0.6 is 0 Å². The van der Waals surface area contributed by atoms with Gasteiger partial charge in [-0.05, 0) is 53.2 Å². The number of amides is 1. The quantitative estimate of drug-likeness (QED) is 0.690. The van der Waals surface area contributed by atoms with Gasteiger partial charge < -0.3 is 5.73 Å². The third-order valence-electron chi connectivity index (χ3n) is 4.97. The van der Waals surface area contributed by atoms with Crippen LogP contribution in [-0.2, 0) is 11.0 Å². The molecule has 0 fully saturated rings. The van der Waals surface area contributed by atoms with E-state index in [0.29, 0.717) is 16.8 Å². The first-order valence-electron chi connectivity index (χ1n) is 8.98. The van der Waals surface area contributed by atoms with Gasteiger partial charge in [0.25, 0.3) is 5.95 Å². The van der Waals surface area contributed by atoms with Crippen LogP contribution in [0.4, 0.5) is 24.8 Å². The number of fused-ring (bicyclic) bond motifs is 1. The SMILES string of the molecule is CC1=C(C(N)=O)C(c2ccc(C#N)cc2)n2nnnc2N1c1cccc(C(F)(F)F)c1. The van der Waals surface area contributed by atoms with Gasteiger partial charge in [-0.2, -0.15) is 23.1 Å². The predicted molar refractivity (Wildman–Crippen MR) is 103 cm³/mol. The lowest BCUT2D eigenvalue weighted by atomic mass is 9.94. The molecule has 0 aliphatic carbocycles. The van der Waals surface area contributed by atoms with Crippen LogP contribution in [0.1, 0.15) is 29.7 Å². The molecule has 2 heterocycles. The number of carbonyl (C=O) groups excluding carboxylic acids is 1. The van der Waals surface area contributed by atoms with E-state index in [2.05, 4.69) is 15.5 Å². The molecule has 1 aliphatic heterocycles. The maximum atomic E-state index is 13.2. The summed E-state index contributed by atoms with van der Waals surface area (Å²) in [7, 11) is 0. The van der Waals surface area contributed by atoms with Gasteiger partial charge in [0.15, 0.2) is 0 Å². The van der Waals surface area contributed by atoms with Crippen molar-refractivity contribution in [1.82, 2.24) is 20.2 Å². The lowest BCUT2D eigenvalue weighted by Gasteiger charge is -2.34. The fraction of sp³-hybridized carbons (Fsp3) is 0.150. The number of anilines is 2. The minimum Gasteiger partial charge on any atom is -0.366 e. The number of halogens is 3. The van der Waals surface area contributed by atoms with E-state index in [1.165, 1.54) is 21.7 Å². The number of aromatic nitrogens is 4. The molecule has 8 nitrogen and oxygen atoms in total. The summed E-state index contributed by atoms with van der Waals surface area (Å²) >= 11 is 0. The maximum absolute atomic E-state index is 13.2. The lowest BCUT2D eigenvalue weighted by Crippen LogP contribution is -2.36. The smallest absolute Gasteiger partial charge is 0.366 e. The second-order valence-electron chi connectivity index (χ2n) is 6.81. The zero-order chi connectivity index (χ0) is 22.3. The second kappa shape index (κ2) is 7.24. The normalized spacial score (nSPS) is 16.1. The van der Waals surface area contributed by atoms with E-state index >= 15 is 0 Å². The molecule has 11 heteroatoms. The zero-order valence-corrected chi connectivity index (χ0v) is 16.0. The molecule has 1 amide bonds. The highest BCUT2D eigenvalue weighted by Gasteiger charge is 2.38. The Bertz CT molecular complexity index is 1240. The molecule has 4 rings (SSSR count). The van der Waals surface area contributed by atoms with E-state index in [1.54, 1.807) is 31.2 Å². The van der Waals surface area contributed by atoms with Crippen LogP contribution in [-0.4, -0.2) is 26.1 Å². The topological polar surface area (TPSA) is 114 Å². The van der Waals surface area contributed by atoms with Crippen molar-refractivity contribution in [3.8, 4) is 6.07 Å². The molecule has 0 saturated carbocycles. The van der Waals surface area contributed by atoms with E-state index in [-0.39, 0.29) is 17.2 Å². The van der Waals surface area contributed by atoms with E-state index < -0.39 is 23.7 Å². The number of benzene rings is 2. The Morgan fingerprint density at radius 3 is 2.52 bits per heavy atom. The Morgan fingerprint density at radius 2 is 1.90 bits per heavy atom. The molecular weight excluding hydrogens is 411 g/mol. The van der Waals surface area contributed by atoms with E-state index in [9.17, 15) is 18.0 Å². The van der Waals surface area contributed by atoms with Crippen molar-refractivity contribution >= 4 is 17.5 Å². The largest absolute Gasteiger partial charge is 0.416 e. The molecule has 2 aromatic carbocycles. The minimum absolute atomic E-state index is 0.113. The van der Waals surface area contributed by atoms with Crippen molar-refractivity contribution in [2.24, 2.45) is 5.73 Å². The Kier molecular flexibility index (Phi) is 4.69. The first-order chi connectivity index (χ1) is 14.7. The van der Waals surface area contributed by atoms with E-state index in [4.69, 9.17) is 11.0 Å². The molecule has 1 atom stereocenters. The number of nitrogens with zero attached hydrogens (tertiary/aromatic N) is 6. The molecule has 0 bridgehead atoms. The van der Waals surface area contributed by atoms with Gasteiger partial charge in [-0.3, -0.25) is 9.69 Å². The monoisotopic (exact) mass is 425 g/mol. The maximum Gasteiger partial charge on any atom is 0.416 e. The number of nitriles is 1. The van der Waals surface area contributed by atoms with Crippen LogP contribution in [0.25, 0.3) is 0 Å². The first-order valence-corrected chi connectivity index (χ1v) is 8.98. The number of nitrogens with two attached hydrogens (primary N) is 1. The Balaban J connectivity index is 1.92. The molecule has 1 aliphatic rings. The van der Waals surface area contributed by atoms with Crippen molar-refractivity contribution in [1.29, 1.82) is 5.26 Å². The molecule has 3 aromatic rings. The number of allylic oxidation sites excluding steroid dienone is 1. The number of rotatable bonds is 3. The van der Waals surface area contributed by atoms with Crippen molar-refractivity contribution in [3.63, 3.8) is 0 Å². The second-order valence-corrected chi connectivity index (χ2v) is 6.81. The third-order valence-corrected chi connectivity index (χ3v) is 4.97. The molecule has 1 unspecified atom stereocenters. The van der Waals surface area contributed by atoms with E-state index in [0.717, 1.165) is 12.1 Å². The van der Waals surface area contributed by atoms with Crippen molar-refractivity contribution in [3.05, 3.63) is 76.5 Å². The van der Waals surface area contributed by atoms with Gasteiger partial charge >= 0.3 is 6.18 Å². The number of hydrogen-bond acceptors (Lipinski definition) is 6. The first kappa shape index (κ1) is 20.1. The highest BCUT2D eigenvalue weighted by molar-refractivity contribution is 5.96. The van der Waals surface area contributed by atoms with Gasteiger partial charge in [0.05, 0.1) is 22.8 Å². The molecule has 0 radical (unpaired) electrons. The fourth-order valence-corrected chi connectivity index (χ4v) is 3.59. The average molecular weight is 425 g/mol. The number of carbonyl (C=O) groups is 1. The van der Waals surface area contributed by atoms with Crippen molar-refractivity contribution in [2.45, 2.75) is 19.1 Å². The molecule has 0 saturated heterocycles. The summed E-state index contributed by atoms with van der Waals surface area (Å²) in [5.74, 6) is -0.652. The summed E-state index contributed by atoms with van der Waals surface area (Å²) in [4.78, 5) is 13.8. The van der Waals surface area contributed by atoms with Gasteiger partial charge in [0, 0.05) is 11.4 Å². The van der Waals surface area contributed by atoms with Crippen molar-refractivity contribution in [2.75, 3.05) is 4.90 Å². The predicted octanol–water partition coefficient (Wildman–Crippen LogP) is 3.06. The summed E-state index contributed by atoms with van der Waals surface area (Å²) in [5, 5.41) is 20.6. The summed E-state index contributed by atoms with van der Waals surface area (Å²) < 4.78 is 41.0. The summed E-state index contributed by atoms with van der Waals surface area (Å²) in [5.41, 5.74) is 6.35. The number of primary amides is 1. The molecule has 2 N–H and O–H groups in total. The van der Waals surface area contributed by atoms with Crippen LogP contribution < -0.4 is 10.6 Å². The molecule has 0 spiro atoms. The average Bonchev–Trinajstić information content (AvgIpc) is 3.21. The fourth-order valence-electron chi connectivity index (χ4n) is 3.59. The van der Waals surface area contributed by atoms with E-state index in [1.807, 2.05) is 6.07 Å². The van der Waals surface area contributed by atoms with Crippen LogP contribution in [0.2, 0.25) is 0 Å². The minimum atomic E-state index is -4.55. The summed E-state index contributed by atoms with van der Waals surface area (Å²) in [6, 6.07) is 12.3. The van der Waals surface area contributed by atoms with Crippen LogP contribution in [0, 0.1) is 11.3 Å². The van der Waals surface area contributed by atoms with Gasteiger partial charge in [-0.15, -0.1) is 0 Å². The van der Waals surface area contributed by atoms with Gasteiger partial charge in [0.1, 0.15) is 6.04 Å². The molecule has 31 heavy (non-hydrogen) atoms. The van der Waals surface area contributed by atoms with Gasteiger partial charge in [-0.1, -0.05) is 23.3 Å². The number of hydrogen-bond donors (Lipinski definition) is 1. The van der Waals surface area contributed by atoms with Crippen LogP contribution in [0.15, 0.2) is 59.8 Å². The summed E-state index contributed by atoms with van der Waals surface area (Å²) in [6.07, 6.45) is -4.55. The standard InChI is InChI=1S/C20H14F3N7O/c1-11-16(18(25)31)17(13-7-5-12(10-24)6-8-13)30-19(26-27-28-30)29(11)15-4-2-3-14(9-15)20(21,22)23/h2-9,17H,1H3,(H2,25,31).